The average Bonchev–Trinajstić information content (AvgIpc) is 2.37. The van der Waals surface area contributed by atoms with Crippen LogP contribution in [0.15, 0.2) is 27.8 Å². The first-order valence-electron chi connectivity index (χ1n) is 5.23. The van der Waals surface area contributed by atoms with Gasteiger partial charge >= 0.3 is 0 Å². The molecule has 0 aromatic heterocycles. The molecule has 0 fully saturated rings. The molecule has 1 amide bonds. The quantitative estimate of drug-likeness (QED) is 0.343. The summed E-state index contributed by atoms with van der Waals surface area (Å²) in [5.74, 6) is -1.13. The van der Waals surface area contributed by atoms with E-state index in [-0.39, 0.29) is 15.9 Å². The molecule has 7 heteroatoms. The van der Waals surface area contributed by atoms with Gasteiger partial charge in [0.2, 0.25) is 0 Å². The Balaban J connectivity index is 2.91. The Labute approximate surface area is 112 Å². The molecular weight excluding hydrogens is 305 g/mol. The molecule has 5 nitrogen and oxygen atoms in total. The molecule has 0 spiro atoms. The molecule has 1 aromatic rings. The van der Waals surface area contributed by atoms with Crippen molar-refractivity contribution in [2.45, 2.75) is 19.4 Å². The fourth-order valence-electron chi connectivity index (χ4n) is 1.37. The third-order valence-corrected chi connectivity index (χ3v) is 3.19. The highest BCUT2D eigenvalue weighted by Crippen LogP contribution is 2.20. The molecule has 0 radical (unpaired) electrons. The molecular formula is C11H13BrFN3O2. The number of carbonyl (C=O) groups is 1. The number of nitrogens with one attached hydrogen (secondary N) is 1. The van der Waals surface area contributed by atoms with Crippen molar-refractivity contribution >= 4 is 27.7 Å². The summed E-state index contributed by atoms with van der Waals surface area (Å²) in [6.45, 7) is 1.77. The normalized spacial score (nSPS) is 13.2. The van der Waals surface area contributed by atoms with Crippen molar-refractivity contribution in [1.29, 1.82) is 0 Å². The fourth-order valence-corrected chi connectivity index (χ4v) is 1.81. The number of rotatable bonds is 4. The lowest BCUT2D eigenvalue weighted by Gasteiger charge is -2.15. The molecule has 1 atom stereocenters. The van der Waals surface area contributed by atoms with Gasteiger partial charge in [0.15, 0.2) is 5.84 Å². The van der Waals surface area contributed by atoms with E-state index in [0.29, 0.717) is 6.42 Å². The van der Waals surface area contributed by atoms with Gasteiger partial charge in [0.1, 0.15) is 5.82 Å². The van der Waals surface area contributed by atoms with Crippen LogP contribution in [0.5, 0.6) is 0 Å². The van der Waals surface area contributed by atoms with E-state index < -0.39 is 17.8 Å². The first-order valence-corrected chi connectivity index (χ1v) is 6.02. The third kappa shape index (κ3) is 3.19. The zero-order valence-electron chi connectivity index (χ0n) is 9.65. The van der Waals surface area contributed by atoms with Crippen LogP contribution in [0, 0.1) is 5.82 Å². The second kappa shape index (κ2) is 6.34. The lowest BCUT2D eigenvalue weighted by Crippen LogP contribution is -2.44. The number of hydrogen-bond donors (Lipinski definition) is 3. The maximum absolute atomic E-state index is 13.3. The highest BCUT2D eigenvalue weighted by Gasteiger charge is 2.18. The molecule has 0 heterocycles. The number of carbonyl (C=O) groups excluding carboxylic acids is 1. The molecule has 0 aliphatic heterocycles. The van der Waals surface area contributed by atoms with Crippen LogP contribution in [-0.2, 0) is 0 Å². The van der Waals surface area contributed by atoms with Crippen molar-refractivity contribution in [3.8, 4) is 0 Å². The van der Waals surface area contributed by atoms with Gasteiger partial charge in [0.25, 0.3) is 5.91 Å². The van der Waals surface area contributed by atoms with Crippen molar-refractivity contribution in [3.63, 3.8) is 0 Å². The van der Waals surface area contributed by atoms with Gasteiger partial charge in [-0.2, -0.15) is 0 Å². The minimum absolute atomic E-state index is 0.0804. The van der Waals surface area contributed by atoms with E-state index in [1.54, 1.807) is 6.92 Å². The zero-order chi connectivity index (χ0) is 13.7. The molecule has 18 heavy (non-hydrogen) atoms. The summed E-state index contributed by atoms with van der Waals surface area (Å²) in [6, 6.07) is 3.54. The summed E-state index contributed by atoms with van der Waals surface area (Å²) < 4.78 is 13.3. The predicted octanol–water partition coefficient (Wildman–Crippen LogP) is 1.84. The maximum Gasteiger partial charge on any atom is 0.253 e. The van der Waals surface area contributed by atoms with Crippen LogP contribution >= 0.6 is 15.9 Å². The van der Waals surface area contributed by atoms with Gasteiger partial charge in [-0.3, -0.25) is 4.79 Å². The molecule has 98 valence electrons. The molecule has 0 aliphatic carbocycles. The first kappa shape index (κ1) is 14.4. The van der Waals surface area contributed by atoms with Gasteiger partial charge in [-0.15, -0.1) is 0 Å². The number of amidine groups is 1. The highest BCUT2D eigenvalue weighted by molar-refractivity contribution is 9.10. The van der Waals surface area contributed by atoms with Gasteiger partial charge in [0.05, 0.1) is 16.1 Å². The maximum atomic E-state index is 13.3. The van der Waals surface area contributed by atoms with Gasteiger partial charge < -0.3 is 16.3 Å². The van der Waals surface area contributed by atoms with Gasteiger partial charge in [0, 0.05) is 0 Å². The number of nitrogens with two attached hydrogens (primary N) is 1. The summed E-state index contributed by atoms with van der Waals surface area (Å²) in [7, 11) is 0. The number of oxime groups is 1. The number of halogens is 2. The van der Waals surface area contributed by atoms with Crippen molar-refractivity contribution in [2.24, 2.45) is 10.9 Å². The van der Waals surface area contributed by atoms with E-state index in [4.69, 9.17) is 10.9 Å². The van der Waals surface area contributed by atoms with Crippen LogP contribution in [-0.4, -0.2) is 23.0 Å². The molecule has 0 aliphatic rings. The van der Waals surface area contributed by atoms with Crippen molar-refractivity contribution in [1.82, 2.24) is 5.32 Å². The SMILES string of the molecule is CCC(NC(=O)c1cccc(F)c1Br)/C(N)=N/O. The molecule has 0 saturated carbocycles. The van der Waals surface area contributed by atoms with E-state index >= 15 is 0 Å². The number of hydrogen-bond acceptors (Lipinski definition) is 3. The first-order chi connectivity index (χ1) is 8.51. The number of amides is 1. The van der Waals surface area contributed by atoms with E-state index in [2.05, 4.69) is 26.4 Å². The van der Waals surface area contributed by atoms with Gasteiger partial charge in [-0.1, -0.05) is 18.1 Å². The largest absolute Gasteiger partial charge is 0.409 e. The molecule has 0 saturated heterocycles. The zero-order valence-corrected chi connectivity index (χ0v) is 11.2. The summed E-state index contributed by atoms with van der Waals surface area (Å²) in [6.07, 6.45) is 0.453. The summed E-state index contributed by atoms with van der Waals surface area (Å²) in [5.41, 5.74) is 5.57. The van der Waals surface area contributed by atoms with E-state index in [1.807, 2.05) is 0 Å². The van der Waals surface area contributed by atoms with Crippen molar-refractivity contribution in [2.75, 3.05) is 0 Å². The molecule has 1 unspecified atom stereocenters. The second-order valence-corrected chi connectivity index (χ2v) is 4.35. The number of nitrogens with zero attached hydrogens (tertiary/aromatic N) is 1. The summed E-state index contributed by atoms with van der Waals surface area (Å²) >= 11 is 3.00. The van der Waals surface area contributed by atoms with E-state index in [9.17, 15) is 9.18 Å². The summed E-state index contributed by atoms with van der Waals surface area (Å²) in [4.78, 5) is 11.9. The van der Waals surface area contributed by atoms with E-state index in [0.717, 1.165) is 0 Å². The van der Waals surface area contributed by atoms with Crippen LogP contribution in [0.4, 0.5) is 4.39 Å². The molecule has 4 N–H and O–H groups in total. The average molecular weight is 318 g/mol. The van der Waals surface area contributed by atoms with Crippen LogP contribution in [0.2, 0.25) is 0 Å². The Bertz CT molecular complexity index is 479. The minimum atomic E-state index is -0.599. The topological polar surface area (TPSA) is 87.7 Å². The Morgan fingerprint density at radius 1 is 1.67 bits per heavy atom. The van der Waals surface area contributed by atoms with Crippen molar-refractivity contribution in [3.05, 3.63) is 34.1 Å². The van der Waals surface area contributed by atoms with Crippen LogP contribution < -0.4 is 11.1 Å². The fraction of sp³-hybridized carbons (Fsp3) is 0.273. The second-order valence-electron chi connectivity index (χ2n) is 3.56. The standard InChI is InChI=1S/C11H13BrFN3O2/c1-2-8(10(14)16-18)15-11(17)6-4-3-5-7(13)9(6)12/h3-5,8,18H,2H2,1H3,(H2,14,16)(H,15,17). The molecule has 0 bridgehead atoms. The van der Waals surface area contributed by atoms with Crippen LogP contribution in [0.1, 0.15) is 23.7 Å². The lowest BCUT2D eigenvalue weighted by atomic mass is 10.1. The molecule has 1 aromatic carbocycles. The molecule has 1 rings (SSSR count). The number of benzene rings is 1. The van der Waals surface area contributed by atoms with E-state index in [1.165, 1.54) is 18.2 Å². The monoisotopic (exact) mass is 317 g/mol. The Morgan fingerprint density at radius 3 is 2.89 bits per heavy atom. The Kier molecular flexibility index (Phi) is 5.08. The van der Waals surface area contributed by atoms with Gasteiger partial charge in [-0.05, 0) is 34.5 Å². The van der Waals surface area contributed by atoms with Crippen molar-refractivity contribution < 1.29 is 14.4 Å². The lowest BCUT2D eigenvalue weighted by molar-refractivity contribution is 0.0944. The van der Waals surface area contributed by atoms with Crippen LogP contribution in [0.3, 0.4) is 0 Å². The smallest absolute Gasteiger partial charge is 0.253 e. The van der Waals surface area contributed by atoms with Gasteiger partial charge in [-0.25, -0.2) is 4.39 Å². The van der Waals surface area contributed by atoms with Crippen LogP contribution in [0.25, 0.3) is 0 Å². The third-order valence-electron chi connectivity index (χ3n) is 2.38. The highest BCUT2D eigenvalue weighted by atomic mass is 79.9. The minimum Gasteiger partial charge on any atom is -0.409 e. The Morgan fingerprint density at radius 2 is 2.33 bits per heavy atom. The Hall–Kier alpha value is -1.63. The summed E-state index contributed by atoms with van der Waals surface area (Å²) in [5, 5.41) is 14.0. The predicted molar refractivity (Wildman–Crippen MR) is 69.1 cm³/mol.